The van der Waals surface area contributed by atoms with E-state index < -0.39 is 0 Å². The normalized spacial score (nSPS) is 16.9. The summed E-state index contributed by atoms with van der Waals surface area (Å²) in [6.07, 6.45) is 1.65. The van der Waals surface area contributed by atoms with Crippen LogP contribution in [0.4, 0.5) is 5.69 Å². The molecule has 3 nitrogen and oxygen atoms in total. The quantitative estimate of drug-likeness (QED) is 0.444. The minimum atomic E-state index is -0.221. The summed E-state index contributed by atoms with van der Waals surface area (Å²) in [6, 6.07) is 8.46. The Morgan fingerprint density at radius 2 is 2.00 bits per heavy atom. The zero-order valence-electron chi connectivity index (χ0n) is 10.7. The van der Waals surface area contributed by atoms with Crippen LogP contribution in [0.5, 0.6) is 0 Å². The van der Waals surface area contributed by atoms with Gasteiger partial charge in [-0.1, -0.05) is 47.2 Å². The number of thioether (sulfide) groups is 1. The molecular weight excluding hydrogens is 429 g/mol. The first-order valence-corrected chi connectivity index (χ1v) is 8.71. The van der Waals surface area contributed by atoms with Crippen molar-refractivity contribution in [3.8, 4) is 0 Å². The van der Waals surface area contributed by atoms with Gasteiger partial charge in [0.05, 0.1) is 20.6 Å². The molecule has 0 atom stereocenters. The van der Waals surface area contributed by atoms with Gasteiger partial charge in [0.15, 0.2) is 8.99 Å². The zero-order chi connectivity index (χ0) is 15.9. The second-order valence-electron chi connectivity index (χ2n) is 4.26. The van der Waals surface area contributed by atoms with Crippen LogP contribution in [-0.4, -0.2) is 10.2 Å². The van der Waals surface area contributed by atoms with Crippen LogP contribution < -0.4 is 4.90 Å². The van der Waals surface area contributed by atoms with Gasteiger partial charge < -0.3 is 4.42 Å². The number of thiocarbonyl (C=S) groups is 1. The Labute approximate surface area is 154 Å². The SMILES string of the molecule is O=C1/C(=C\c2ccc(Br)o2)SC(=S)N1c1ccc(Cl)c(Cl)c1. The molecule has 1 aromatic heterocycles. The minimum absolute atomic E-state index is 0.221. The lowest BCUT2D eigenvalue weighted by Crippen LogP contribution is -2.27. The van der Waals surface area contributed by atoms with E-state index >= 15 is 0 Å². The van der Waals surface area contributed by atoms with E-state index in [-0.39, 0.29) is 5.91 Å². The number of carbonyl (C=O) groups excluding carboxylic acids is 1. The van der Waals surface area contributed by atoms with Gasteiger partial charge in [0.2, 0.25) is 0 Å². The fraction of sp³-hybridized carbons (Fsp3) is 0. The summed E-state index contributed by atoms with van der Waals surface area (Å²) in [5.74, 6) is 0.349. The summed E-state index contributed by atoms with van der Waals surface area (Å²) in [5.41, 5.74) is 0.584. The highest BCUT2D eigenvalue weighted by atomic mass is 79.9. The van der Waals surface area contributed by atoms with E-state index in [1.54, 1.807) is 36.4 Å². The summed E-state index contributed by atoms with van der Waals surface area (Å²) >= 11 is 21.6. The fourth-order valence-electron chi connectivity index (χ4n) is 1.85. The van der Waals surface area contributed by atoms with Gasteiger partial charge in [0, 0.05) is 6.08 Å². The van der Waals surface area contributed by atoms with Crippen LogP contribution in [0.2, 0.25) is 10.0 Å². The smallest absolute Gasteiger partial charge is 0.270 e. The van der Waals surface area contributed by atoms with Crippen LogP contribution in [0.15, 0.2) is 44.3 Å². The third-order valence-corrected chi connectivity index (χ3v) is 5.29. The van der Waals surface area contributed by atoms with Crippen molar-refractivity contribution >= 4 is 85.1 Å². The average molecular weight is 435 g/mol. The Hall–Kier alpha value is -0.790. The average Bonchev–Trinajstić information content (AvgIpc) is 2.98. The maximum atomic E-state index is 12.5. The summed E-state index contributed by atoms with van der Waals surface area (Å²) in [4.78, 5) is 14.5. The zero-order valence-corrected chi connectivity index (χ0v) is 15.4. The lowest BCUT2D eigenvalue weighted by atomic mass is 10.3. The Morgan fingerprint density at radius 3 is 2.64 bits per heavy atom. The highest BCUT2D eigenvalue weighted by molar-refractivity contribution is 9.10. The molecule has 1 aromatic carbocycles. The number of hydrogen-bond acceptors (Lipinski definition) is 4. The molecule has 1 saturated heterocycles. The molecular formula is C14H6BrCl2NO2S2. The predicted octanol–water partition coefficient (Wildman–Crippen LogP) is 5.75. The molecule has 0 aliphatic carbocycles. The number of hydrogen-bond donors (Lipinski definition) is 0. The van der Waals surface area contributed by atoms with Crippen molar-refractivity contribution in [3.63, 3.8) is 0 Å². The van der Waals surface area contributed by atoms with Gasteiger partial charge in [0.25, 0.3) is 5.91 Å². The van der Waals surface area contributed by atoms with Crippen LogP contribution in [0.1, 0.15) is 5.76 Å². The highest BCUT2D eigenvalue weighted by Crippen LogP contribution is 2.38. The third-order valence-electron chi connectivity index (χ3n) is 2.82. The van der Waals surface area contributed by atoms with Gasteiger partial charge in [-0.3, -0.25) is 9.69 Å². The number of amides is 1. The predicted molar refractivity (Wildman–Crippen MR) is 98.5 cm³/mol. The number of furan rings is 1. The van der Waals surface area contributed by atoms with Gasteiger partial charge in [-0.2, -0.15) is 0 Å². The maximum absolute atomic E-state index is 12.5. The molecule has 0 N–H and O–H groups in total. The molecule has 0 radical (unpaired) electrons. The number of benzene rings is 1. The van der Waals surface area contributed by atoms with Crippen molar-refractivity contribution in [2.24, 2.45) is 0 Å². The van der Waals surface area contributed by atoms with E-state index in [0.29, 0.717) is 35.4 Å². The fourth-order valence-corrected chi connectivity index (χ4v) is 3.74. The molecule has 0 saturated carbocycles. The summed E-state index contributed by atoms with van der Waals surface area (Å²) < 4.78 is 6.41. The lowest BCUT2D eigenvalue weighted by molar-refractivity contribution is -0.113. The van der Waals surface area contributed by atoms with Crippen LogP contribution in [-0.2, 0) is 4.79 Å². The van der Waals surface area contributed by atoms with Crippen LogP contribution in [0, 0.1) is 0 Å². The first-order chi connectivity index (χ1) is 10.5. The molecule has 2 heterocycles. The number of nitrogens with zero attached hydrogens (tertiary/aromatic N) is 1. The van der Waals surface area contributed by atoms with E-state index in [1.807, 2.05) is 0 Å². The van der Waals surface area contributed by atoms with Crippen molar-refractivity contribution in [3.05, 3.63) is 55.7 Å². The molecule has 3 rings (SSSR count). The molecule has 0 unspecified atom stereocenters. The Kier molecular flexibility index (Phi) is 4.66. The third kappa shape index (κ3) is 3.12. The van der Waals surface area contributed by atoms with Crippen LogP contribution >= 0.6 is 63.1 Å². The molecule has 1 amide bonds. The van der Waals surface area contributed by atoms with Crippen molar-refractivity contribution < 1.29 is 9.21 Å². The summed E-state index contributed by atoms with van der Waals surface area (Å²) in [7, 11) is 0. The molecule has 2 aromatic rings. The first-order valence-electron chi connectivity index (χ1n) is 5.94. The number of rotatable bonds is 2. The molecule has 1 aliphatic heterocycles. The largest absolute Gasteiger partial charge is 0.450 e. The van der Waals surface area contributed by atoms with E-state index in [9.17, 15) is 4.79 Å². The second-order valence-corrected chi connectivity index (χ2v) is 7.53. The summed E-state index contributed by atoms with van der Waals surface area (Å²) in [6.45, 7) is 0. The van der Waals surface area contributed by atoms with Crippen molar-refractivity contribution in [1.82, 2.24) is 0 Å². The first kappa shape index (κ1) is 16.1. The van der Waals surface area contributed by atoms with Gasteiger partial charge in [-0.25, -0.2) is 0 Å². The molecule has 1 aliphatic rings. The van der Waals surface area contributed by atoms with E-state index in [2.05, 4.69) is 15.9 Å². The highest BCUT2D eigenvalue weighted by Gasteiger charge is 2.33. The van der Waals surface area contributed by atoms with Gasteiger partial charge in [-0.05, 0) is 46.3 Å². The van der Waals surface area contributed by atoms with E-state index in [0.717, 1.165) is 0 Å². The standard InChI is InChI=1S/C14H6BrCl2NO2S2/c15-12-4-2-8(20-12)6-11-13(19)18(14(21)22-11)7-1-3-9(16)10(17)5-7/h1-6H/b11-6+. The van der Waals surface area contributed by atoms with Crippen LogP contribution in [0.3, 0.4) is 0 Å². The van der Waals surface area contributed by atoms with Crippen molar-refractivity contribution in [1.29, 1.82) is 0 Å². The van der Waals surface area contributed by atoms with Gasteiger partial charge in [0.1, 0.15) is 5.76 Å². The summed E-state index contributed by atoms with van der Waals surface area (Å²) in [5, 5.41) is 0.791. The lowest BCUT2D eigenvalue weighted by Gasteiger charge is -2.15. The molecule has 1 fully saturated rings. The topological polar surface area (TPSA) is 33.5 Å². The monoisotopic (exact) mass is 433 g/mol. The second kappa shape index (κ2) is 6.37. The van der Waals surface area contributed by atoms with Crippen molar-refractivity contribution in [2.45, 2.75) is 0 Å². The number of anilines is 1. The molecule has 112 valence electrons. The van der Waals surface area contributed by atoms with Gasteiger partial charge >= 0.3 is 0 Å². The van der Waals surface area contributed by atoms with Crippen molar-refractivity contribution in [2.75, 3.05) is 4.90 Å². The minimum Gasteiger partial charge on any atom is -0.450 e. The Bertz CT molecular complexity index is 819. The molecule has 0 spiro atoms. The molecule has 22 heavy (non-hydrogen) atoms. The van der Waals surface area contributed by atoms with E-state index in [1.165, 1.54) is 16.7 Å². The van der Waals surface area contributed by atoms with Crippen LogP contribution in [0.25, 0.3) is 6.08 Å². The maximum Gasteiger partial charge on any atom is 0.270 e. The molecule has 0 bridgehead atoms. The van der Waals surface area contributed by atoms with E-state index in [4.69, 9.17) is 39.8 Å². The number of halogens is 3. The Morgan fingerprint density at radius 1 is 1.23 bits per heavy atom. The Balaban J connectivity index is 1.94. The molecule has 8 heteroatoms. The number of carbonyl (C=O) groups is 1. The van der Waals surface area contributed by atoms with Gasteiger partial charge in [-0.15, -0.1) is 0 Å².